The van der Waals surface area contributed by atoms with Gasteiger partial charge in [0.25, 0.3) is 0 Å². The van der Waals surface area contributed by atoms with Crippen LogP contribution in [0.3, 0.4) is 0 Å². The molecule has 0 aliphatic carbocycles. The van der Waals surface area contributed by atoms with Crippen molar-refractivity contribution in [1.82, 2.24) is 0 Å². The van der Waals surface area contributed by atoms with Crippen LogP contribution in [0.1, 0.15) is 27.8 Å². The number of rotatable bonds is 8. The minimum absolute atomic E-state index is 0.126. The van der Waals surface area contributed by atoms with Crippen molar-refractivity contribution in [3.05, 3.63) is 76.3 Å². The highest BCUT2D eigenvalue weighted by Gasteiger charge is 2.12. The molecule has 0 aliphatic rings. The average molecular weight is 451 g/mol. The Kier molecular flexibility index (Phi) is 7.86. The van der Waals surface area contributed by atoms with E-state index >= 15 is 0 Å². The Labute approximate surface area is 194 Å². The zero-order valence-electron chi connectivity index (χ0n) is 19.6. The number of methoxy groups -OCH3 is 2. The molecule has 0 fully saturated rings. The number of carbonyl (C=O) groups excluding carboxylic acids is 1. The Morgan fingerprint density at radius 3 is 2.09 bits per heavy atom. The summed E-state index contributed by atoms with van der Waals surface area (Å²) in [5.74, 6) is 1.75. The molecule has 0 N–H and O–H groups in total. The standard InChI is InChI=1S/C27H30O4S/c1-17-11-19(3)27(20(4)12-17)22-9-7-21(8-10-22)16-32-25-13-18(2)23(14-24(25)29-5)31-15-26(28)30-6/h7-14H,15-16H2,1-6H3. The summed E-state index contributed by atoms with van der Waals surface area (Å²) < 4.78 is 15.8. The van der Waals surface area contributed by atoms with Gasteiger partial charge in [0.1, 0.15) is 11.5 Å². The first kappa shape index (κ1) is 23.7. The van der Waals surface area contributed by atoms with E-state index in [-0.39, 0.29) is 6.61 Å². The molecule has 0 unspecified atom stereocenters. The summed E-state index contributed by atoms with van der Waals surface area (Å²) in [6.45, 7) is 8.31. The van der Waals surface area contributed by atoms with Gasteiger partial charge in [0.15, 0.2) is 6.61 Å². The van der Waals surface area contributed by atoms with E-state index < -0.39 is 5.97 Å². The van der Waals surface area contributed by atoms with E-state index in [1.807, 2.05) is 19.1 Å². The van der Waals surface area contributed by atoms with Gasteiger partial charge in [-0.15, -0.1) is 11.8 Å². The van der Waals surface area contributed by atoms with Gasteiger partial charge in [0.2, 0.25) is 0 Å². The highest BCUT2D eigenvalue weighted by molar-refractivity contribution is 7.98. The second-order valence-corrected chi connectivity index (χ2v) is 8.91. The monoisotopic (exact) mass is 450 g/mol. The number of thioether (sulfide) groups is 1. The largest absolute Gasteiger partial charge is 0.495 e. The quantitative estimate of drug-likeness (QED) is 0.292. The van der Waals surface area contributed by atoms with Gasteiger partial charge in [-0.05, 0) is 67.1 Å². The smallest absolute Gasteiger partial charge is 0.343 e. The fourth-order valence-corrected chi connectivity index (χ4v) is 4.89. The molecule has 0 bridgehead atoms. The van der Waals surface area contributed by atoms with Crippen LogP contribution in [0.25, 0.3) is 11.1 Å². The zero-order valence-corrected chi connectivity index (χ0v) is 20.4. The van der Waals surface area contributed by atoms with E-state index in [0.717, 1.165) is 22.0 Å². The summed E-state index contributed by atoms with van der Waals surface area (Å²) in [6, 6.07) is 17.1. The number of hydrogen-bond donors (Lipinski definition) is 0. The molecule has 0 saturated carbocycles. The molecule has 0 heterocycles. The van der Waals surface area contributed by atoms with Crippen LogP contribution in [-0.2, 0) is 15.3 Å². The first-order chi connectivity index (χ1) is 15.3. The first-order valence-corrected chi connectivity index (χ1v) is 11.5. The van der Waals surface area contributed by atoms with Crippen molar-refractivity contribution >= 4 is 17.7 Å². The van der Waals surface area contributed by atoms with Gasteiger partial charge in [-0.25, -0.2) is 4.79 Å². The maximum Gasteiger partial charge on any atom is 0.343 e. The maximum atomic E-state index is 11.4. The van der Waals surface area contributed by atoms with Gasteiger partial charge >= 0.3 is 5.97 Å². The van der Waals surface area contributed by atoms with E-state index in [1.54, 1.807) is 18.9 Å². The lowest BCUT2D eigenvalue weighted by molar-refractivity contribution is -0.142. The predicted octanol–water partition coefficient (Wildman–Crippen LogP) is 6.44. The van der Waals surface area contributed by atoms with Crippen LogP contribution in [0.15, 0.2) is 53.4 Å². The molecule has 168 valence electrons. The molecule has 0 amide bonds. The highest BCUT2D eigenvalue weighted by Crippen LogP contribution is 2.37. The number of aryl methyl sites for hydroxylation is 4. The van der Waals surface area contributed by atoms with Crippen LogP contribution in [-0.4, -0.2) is 26.8 Å². The van der Waals surface area contributed by atoms with E-state index in [4.69, 9.17) is 9.47 Å². The average Bonchev–Trinajstić information content (AvgIpc) is 2.76. The van der Waals surface area contributed by atoms with Crippen LogP contribution in [0.2, 0.25) is 0 Å². The lowest BCUT2D eigenvalue weighted by Crippen LogP contribution is -2.13. The van der Waals surface area contributed by atoms with Crippen LogP contribution in [0, 0.1) is 27.7 Å². The second-order valence-electron chi connectivity index (χ2n) is 7.89. The Balaban J connectivity index is 1.73. The molecule has 0 aromatic heterocycles. The molecule has 0 aliphatic heterocycles. The van der Waals surface area contributed by atoms with Crippen molar-refractivity contribution in [2.75, 3.05) is 20.8 Å². The second kappa shape index (κ2) is 10.6. The highest BCUT2D eigenvalue weighted by atomic mass is 32.2. The number of benzene rings is 3. The number of ether oxygens (including phenoxy) is 3. The third kappa shape index (κ3) is 5.65. The van der Waals surface area contributed by atoms with E-state index in [2.05, 4.69) is 61.9 Å². The topological polar surface area (TPSA) is 44.8 Å². The summed E-state index contributed by atoms with van der Waals surface area (Å²) >= 11 is 1.71. The van der Waals surface area contributed by atoms with Crippen LogP contribution < -0.4 is 9.47 Å². The molecule has 3 rings (SSSR count). The molecular formula is C27H30O4S. The molecule has 0 spiro atoms. The minimum atomic E-state index is -0.415. The van der Waals surface area contributed by atoms with Crippen molar-refractivity contribution < 1.29 is 19.0 Å². The summed E-state index contributed by atoms with van der Waals surface area (Å²) in [4.78, 5) is 12.4. The maximum absolute atomic E-state index is 11.4. The molecule has 32 heavy (non-hydrogen) atoms. The van der Waals surface area contributed by atoms with E-state index in [0.29, 0.717) is 5.75 Å². The lowest BCUT2D eigenvalue weighted by Gasteiger charge is -2.14. The van der Waals surface area contributed by atoms with Crippen molar-refractivity contribution in [2.45, 2.75) is 38.3 Å². The molecule has 0 radical (unpaired) electrons. The van der Waals surface area contributed by atoms with Gasteiger partial charge in [-0.2, -0.15) is 0 Å². The normalized spacial score (nSPS) is 10.7. The summed E-state index contributed by atoms with van der Waals surface area (Å²) in [7, 11) is 2.98. The van der Waals surface area contributed by atoms with Crippen LogP contribution in [0.4, 0.5) is 0 Å². The molecule has 3 aromatic carbocycles. The Hall–Kier alpha value is -2.92. The fourth-order valence-electron chi connectivity index (χ4n) is 3.83. The van der Waals surface area contributed by atoms with Crippen molar-refractivity contribution in [2.24, 2.45) is 0 Å². The third-order valence-corrected chi connectivity index (χ3v) is 6.46. The van der Waals surface area contributed by atoms with Gasteiger partial charge in [-0.1, -0.05) is 42.0 Å². The first-order valence-electron chi connectivity index (χ1n) is 10.5. The number of hydrogen-bond acceptors (Lipinski definition) is 5. The summed E-state index contributed by atoms with van der Waals surface area (Å²) in [5, 5.41) is 0. The number of carbonyl (C=O) groups is 1. The summed E-state index contributed by atoms with van der Waals surface area (Å²) in [5.41, 5.74) is 8.65. The minimum Gasteiger partial charge on any atom is -0.495 e. The van der Waals surface area contributed by atoms with Crippen LogP contribution in [0.5, 0.6) is 11.5 Å². The van der Waals surface area contributed by atoms with Gasteiger partial charge < -0.3 is 14.2 Å². The Bertz CT molecular complexity index is 1080. The molecule has 0 atom stereocenters. The van der Waals surface area contributed by atoms with Gasteiger partial charge in [0, 0.05) is 11.8 Å². The number of esters is 1. The lowest BCUT2D eigenvalue weighted by atomic mass is 9.93. The summed E-state index contributed by atoms with van der Waals surface area (Å²) in [6.07, 6.45) is 0. The Morgan fingerprint density at radius 1 is 0.844 bits per heavy atom. The van der Waals surface area contributed by atoms with Gasteiger partial charge in [0.05, 0.1) is 19.1 Å². The van der Waals surface area contributed by atoms with Crippen LogP contribution >= 0.6 is 11.8 Å². The molecular weight excluding hydrogens is 420 g/mol. The third-order valence-electron chi connectivity index (χ3n) is 5.35. The SMILES string of the molecule is COC(=O)COc1cc(OC)c(SCc2ccc(-c3c(C)cc(C)cc3C)cc2)cc1C. The van der Waals surface area contributed by atoms with E-state index in [1.165, 1.54) is 40.5 Å². The molecule has 0 saturated heterocycles. The molecule has 4 nitrogen and oxygen atoms in total. The van der Waals surface area contributed by atoms with Crippen molar-refractivity contribution in [3.8, 4) is 22.6 Å². The Morgan fingerprint density at radius 2 is 1.50 bits per heavy atom. The van der Waals surface area contributed by atoms with E-state index in [9.17, 15) is 4.79 Å². The fraction of sp³-hybridized carbons (Fsp3) is 0.296. The van der Waals surface area contributed by atoms with Crippen molar-refractivity contribution in [3.63, 3.8) is 0 Å². The molecule has 5 heteroatoms. The molecule has 3 aromatic rings. The zero-order chi connectivity index (χ0) is 23.3. The predicted molar refractivity (Wildman–Crippen MR) is 131 cm³/mol. The van der Waals surface area contributed by atoms with Gasteiger partial charge in [-0.3, -0.25) is 0 Å². The van der Waals surface area contributed by atoms with Crippen molar-refractivity contribution in [1.29, 1.82) is 0 Å².